The summed E-state index contributed by atoms with van der Waals surface area (Å²) >= 11 is 6.28. The third-order valence-corrected chi connectivity index (χ3v) is 4.37. The van der Waals surface area contributed by atoms with Gasteiger partial charge in [0.1, 0.15) is 5.69 Å². The lowest BCUT2D eigenvalue weighted by molar-refractivity contribution is 0.421. The molecule has 2 N–H and O–H groups in total. The highest BCUT2D eigenvalue weighted by atomic mass is 35.5. The first-order valence-corrected chi connectivity index (χ1v) is 9.58. The molecule has 2 aromatic heterocycles. The molecule has 0 amide bonds. The van der Waals surface area contributed by atoms with Gasteiger partial charge in [0.15, 0.2) is 11.8 Å². The van der Waals surface area contributed by atoms with Crippen LogP contribution >= 0.6 is 11.6 Å². The van der Waals surface area contributed by atoms with Crippen LogP contribution in [0.25, 0.3) is 11.6 Å². The summed E-state index contributed by atoms with van der Waals surface area (Å²) in [5.74, 6) is 1.72. The summed E-state index contributed by atoms with van der Waals surface area (Å²) in [4.78, 5) is 13.2. The van der Waals surface area contributed by atoms with Gasteiger partial charge in [-0.05, 0) is 37.6 Å². The molecular formula is C20H23ClN6O. The predicted octanol–water partition coefficient (Wildman–Crippen LogP) is 3.64. The van der Waals surface area contributed by atoms with Crippen LogP contribution in [0.3, 0.4) is 0 Å². The van der Waals surface area contributed by atoms with Crippen molar-refractivity contribution in [1.82, 2.24) is 25.8 Å². The average molecular weight is 399 g/mol. The average Bonchev–Trinajstić information content (AvgIpc) is 3.18. The van der Waals surface area contributed by atoms with Crippen molar-refractivity contribution >= 4 is 17.6 Å². The first-order chi connectivity index (χ1) is 13.7. The van der Waals surface area contributed by atoms with Gasteiger partial charge in [0, 0.05) is 30.7 Å². The Morgan fingerprint density at radius 3 is 2.79 bits per heavy atom. The van der Waals surface area contributed by atoms with Gasteiger partial charge in [0.2, 0.25) is 0 Å². The summed E-state index contributed by atoms with van der Waals surface area (Å²) in [6.45, 7) is 5.35. The molecule has 0 aliphatic heterocycles. The Balaban J connectivity index is 1.60. The van der Waals surface area contributed by atoms with E-state index in [9.17, 15) is 0 Å². The van der Waals surface area contributed by atoms with E-state index in [0.717, 1.165) is 17.1 Å². The van der Waals surface area contributed by atoms with E-state index in [0.29, 0.717) is 36.3 Å². The number of guanidine groups is 1. The van der Waals surface area contributed by atoms with E-state index in [1.807, 2.05) is 56.3 Å². The van der Waals surface area contributed by atoms with Crippen molar-refractivity contribution < 1.29 is 4.52 Å². The summed E-state index contributed by atoms with van der Waals surface area (Å²) in [7, 11) is 0. The smallest absolute Gasteiger partial charge is 0.276 e. The number of rotatable bonds is 7. The second kappa shape index (κ2) is 9.85. The largest absolute Gasteiger partial charge is 0.357 e. The van der Waals surface area contributed by atoms with Crippen LogP contribution in [0.15, 0.2) is 58.2 Å². The third-order valence-electron chi connectivity index (χ3n) is 4.03. The Kier molecular flexibility index (Phi) is 6.97. The Bertz CT molecular complexity index is 912. The van der Waals surface area contributed by atoms with Crippen molar-refractivity contribution in [1.29, 1.82) is 0 Å². The maximum Gasteiger partial charge on any atom is 0.276 e. The molecule has 0 spiro atoms. The number of hydrogen-bond donors (Lipinski definition) is 2. The molecule has 0 radical (unpaired) electrons. The maximum absolute atomic E-state index is 6.28. The van der Waals surface area contributed by atoms with Crippen LogP contribution < -0.4 is 10.6 Å². The number of nitrogens with one attached hydrogen (secondary N) is 2. The second-order valence-corrected chi connectivity index (χ2v) is 6.54. The van der Waals surface area contributed by atoms with Gasteiger partial charge in [-0.15, -0.1) is 0 Å². The van der Waals surface area contributed by atoms with E-state index in [4.69, 9.17) is 16.1 Å². The number of halogens is 1. The molecule has 1 aromatic carbocycles. The van der Waals surface area contributed by atoms with Gasteiger partial charge in [-0.3, -0.25) is 9.98 Å². The molecule has 3 rings (SSSR count). The van der Waals surface area contributed by atoms with Gasteiger partial charge >= 0.3 is 0 Å². The van der Waals surface area contributed by atoms with Crippen LogP contribution in [-0.2, 0) is 6.42 Å². The van der Waals surface area contributed by atoms with E-state index in [-0.39, 0.29) is 6.04 Å². The first-order valence-electron chi connectivity index (χ1n) is 9.20. The lowest BCUT2D eigenvalue weighted by Gasteiger charge is -2.19. The van der Waals surface area contributed by atoms with E-state index in [1.165, 1.54) is 0 Å². The monoisotopic (exact) mass is 398 g/mol. The number of benzene rings is 1. The van der Waals surface area contributed by atoms with E-state index >= 15 is 0 Å². The first kappa shape index (κ1) is 19.8. The normalized spacial score (nSPS) is 12.6. The minimum Gasteiger partial charge on any atom is -0.357 e. The molecule has 0 aliphatic carbocycles. The van der Waals surface area contributed by atoms with Crippen molar-refractivity contribution in [3.05, 3.63) is 65.1 Å². The van der Waals surface area contributed by atoms with E-state index < -0.39 is 0 Å². The van der Waals surface area contributed by atoms with Crippen molar-refractivity contribution in [2.75, 3.05) is 13.1 Å². The molecule has 0 saturated heterocycles. The van der Waals surface area contributed by atoms with Crippen molar-refractivity contribution in [2.24, 2.45) is 4.99 Å². The maximum atomic E-state index is 6.28. The summed E-state index contributed by atoms with van der Waals surface area (Å²) in [6, 6.07) is 13.3. The van der Waals surface area contributed by atoms with Crippen LogP contribution in [-0.4, -0.2) is 34.2 Å². The molecule has 28 heavy (non-hydrogen) atoms. The SMILES string of the molecule is CCNC(=NCCc1noc(-c2ccccn2)n1)NC(C)c1ccccc1Cl. The van der Waals surface area contributed by atoms with E-state index in [1.54, 1.807) is 6.20 Å². The molecular weight excluding hydrogens is 376 g/mol. The highest BCUT2D eigenvalue weighted by Gasteiger charge is 2.12. The summed E-state index contributed by atoms with van der Waals surface area (Å²) in [5.41, 5.74) is 1.68. The highest BCUT2D eigenvalue weighted by molar-refractivity contribution is 6.31. The number of aromatic nitrogens is 3. The fourth-order valence-electron chi connectivity index (χ4n) is 2.65. The molecule has 1 atom stereocenters. The summed E-state index contributed by atoms with van der Waals surface area (Å²) in [5, 5.41) is 11.3. The standard InChI is InChI=1S/C20H23ClN6O/c1-3-22-20(25-14(2)15-8-4-5-9-16(15)21)24-13-11-18-26-19(28-27-18)17-10-6-7-12-23-17/h4-10,12,14H,3,11,13H2,1-2H3,(H2,22,24,25). The molecule has 2 heterocycles. The molecule has 3 aromatic rings. The predicted molar refractivity (Wildman–Crippen MR) is 110 cm³/mol. The quantitative estimate of drug-likeness (QED) is 0.466. The number of pyridine rings is 1. The number of nitrogens with zero attached hydrogens (tertiary/aromatic N) is 4. The van der Waals surface area contributed by atoms with Gasteiger partial charge in [0.25, 0.3) is 5.89 Å². The number of aliphatic imine (C=N–C) groups is 1. The third kappa shape index (κ3) is 5.29. The highest BCUT2D eigenvalue weighted by Crippen LogP contribution is 2.22. The molecule has 0 bridgehead atoms. The van der Waals surface area contributed by atoms with Crippen LogP contribution in [0.5, 0.6) is 0 Å². The molecule has 0 saturated carbocycles. The molecule has 8 heteroatoms. The van der Waals surface area contributed by atoms with Crippen molar-refractivity contribution in [3.63, 3.8) is 0 Å². The zero-order valence-corrected chi connectivity index (χ0v) is 16.6. The molecule has 0 fully saturated rings. The van der Waals surface area contributed by atoms with Gasteiger partial charge < -0.3 is 15.2 Å². The van der Waals surface area contributed by atoms with Gasteiger partial charge in [-0.1, -0.05) is 41.0 Å². The van der Waals surface area contributed by atoms with Gasteiger partial charge in [0.05, 0.1) is 6.04 Å². The Hall–Kier alpha value is -2.93. The summed E-state index contributed by atoms with van der Waals surface area (Å²) < 4.78 is 5.27. The van der Waals surface area contributed by atoms with Crippen LogP contribution in [0.4, 0.5) is 0 Å². The van der Waals surface area contributed by atoms with Crippen molar-refractivity contribution in [3.8, 4) is 11.6 Å². The summed E-state index contributed by atoms with van der Waals surface area (Å²) in [6.07, 6.45) is 2.26. The Morgan fingerprint density at radius 1 is 1.21 bits per heavy atom. The Morgan fingerprint density at radius 2 is 2.04 bits per heavy atom. The lowest BCUT2D eigenvalue weighted by atomic mass is 10.1. The van der Waals surface area contributed by atoms with Crippen LogP contribution in [0.2, 0.25) is 5.02 Å². The van der Waals surface area contributed by atoms with Gasteiger partial charge in [-0.25, -0.2) is 0 Å². The Labute approximate surface area is 169 Å². The van der Waals surface area contributed by atoms with Gasteiger partial charge in [-0.2, -0.15) is 4.98 Å². The minimum atomic E-state index is 0.0208. The number of hydrogen-bond acceptors (Lipinski definition) is 5. The molecule has 1 unspecified atom stereocenters. The molecule has 146 valence electrons. The van der Waals surface area contributed by atoms with Crippen molar-refractivity contribution in [2.45, 2.75) is 26.3 Å². The van der Waals surface area contributed by atoms with E-state index in [2.05, 4.69) is 30.8 Å². The fourth-order valence-corrected chi connectivity index (χ4v) is 2.95. The molecule has 7 nitrogen and oxygen atoms in total. The zero-order chi connectivity index (χ0) is 19.8. The fraction of sp³-hybridized carbons (Fsp3) is 0.300. The molecule has 0 aliphatic rings. The topological polar surface area (TPSA) is 88.2 Å². The van der Waals surface area contributed by atoms with Crippen LogP contribution in [0, 0.1) is 0 Å². The zero-order valence-electron chi connectivity index (χ0n) is 15.9. The minimum absolute atomic E-state index is 0.0208. The second-order valence-electron chi connectivity index (χ2n) is 6.13. The van der Waals surface area contributed by atoms with Crippen LogP contribution in [0.1, 0.15) is 31.3 Å². The lowest BCUT2D eigenvalue weighted by Crippen LogP contribution is -2.39.